The van der Waals surface area contributed by atoms with E-state index >= 15 is 0 Å². The molecular weight excluding hydrogens is 367 g/mol. The number of aryl methyl sites for hydroxylation is 1. The molecule has 0 unspecified atom stereocenters. The van der Waals surface area contributed by atoms with Gasteiger partial charge in [-0.05, 0) is 31.2 Å². The summed E-state index contributed by atoms with van der Waals surface area (Å²) in [5, 5.41) is 3.14. The first kappa shape index (κ1) is 17.9. The molecule has 0 radical (unpaired) electrons. The molecule has 3 aromatic rings. The van der Waals surface area contributed by atoms with Crippen LogP contribution in [0.4, 0.5) is 18.9 Å². The zero-order chi connectivity index (χ0) is 18.7. The smallest absolute Gasteiger partial charge is 0.406 e. The molecule has 0 aliphatic carbocycles. The molecule has 2 aromatic heterocycles. The lowest BCUT2D eigenvalue weighted by atomic mass is 10.3. The summed E-state index contributed by atoms with van der Waals surface area (Å²) in [6.07, 6.45) is -3.17. The number of ether oxygens (including phenoxy) is 1. The van der Waals surface area contributed by atoms with Crippen molar-refractivity contribution in [2.24, 2.45) is 0 Å². The number of carbonyl (C=O) groups is 1. The topological polar surface area (TPSA) is 64.1 Å². The Bertz CT molecular complexity index is 927. The van der Waals surface area contributed by atoms with Gasteiger partial charge in [0.05, 0.1) is 11.4 Å². The molecule has 134 valence electrons. The van der Waals surface area contributed by atoms with Gasteiger partial charge in [-0.1, -0.05) is 12.1 Å². The first-order valence-electron chi connectivity index (χ1n) is 7.38. The van der Waals surface area contributed by atoms with E-state index in [9.17, 15) is 18.0 Å². The van der Waals surface area contributed by atoms with Crippen molar-refractivity contribution in [1.29, 1.82) is 0 Å². The monoisotopic (exact) mass is 379 g/mol. The Balaban J connectivity index is 1.79. The van der Waals surface area contributed by atoms with Crippen molar-refractivity contribution in [1.82, 2.24) is 9.97 Å². The number of carbonyl (C=O) groups excluding carboxylic acids is 1. The molecule has 0 saturated heterocycles. The zero-order valence-corrected chi connectivity index (χ0v) is 14.2. The van der Waals surface area contributed by atoms with Gasteiger partial charge < -0.3 is 10.1 Å². The average Bonchev–Trinajstić information content (AvgIpc) is 2.96. The second kappa shape index (κ2) is 7.12. The van der Waals surface area contributed by atoms with E-state index in [1.54, 1.807) is 25.3 Å². The fraction of sp³-hybridized carbons (Fsp3) is 0.118. The molecule has 9 heteroatoms. The third kappa shape index (κ3) is 4.37. The minimum atomic E-state index is -4.80. The van der Waals surface area contributed by atoms with Crippen LogP contribution in [0, 0.1) is 6.92 Å². The fourth-order valence-electron chi connectivity index (χ4n) is 2.16. The van der Waals surface area contributed by atoms with Crippen molar-refractivity contribution in [3.63, 3.8) is 0 Å². The minimum absolute atomic E-state index is 0.184. The van der Waals surface area contributed by atoms with Crippen molar-refractivity contribution in [3.05, 3.63) is 59.2 Å². The third-order valence-corrected chi connectivity index (χ3v) is 4.39. The van der Waals surface area contributed by atoms with E-state index in [2.05, 4.69) is 20.0 Å². The number of hydrogen-bond donors (Lipinski definition) is 1. The second-order valence-electron chi connectivity index (χ2n) is 5.18. The zero-order valence-electron chi connectivity index (χ0n) is 13.4. The van der Waals surface area contributed by atoms with Crippen molar-refractivity contribution in [2.75, 3.05) is 5.32 Å². The molecule has 26 heavy (non-hydrogen) atoms. The largest absolute Gasteiger partial charge is 0.573 e. The van der Waals surface area contributed by atoms with E-state index in [1.165, 1.54) is 12.1 Å². The van der Waals surface area contributed by atoms with Crippen LogP contribution < -0.4 is 10.1 Å². The molecule has 1 aromatic carbocycles. The van der Waals surface area contributed by atoms with Gasteiger partial charge in [0.15, 0.2) is 0 Å². The Morgan fingerprint density at radius 3 is 2.69 bits per heavy atom. The second-order valence-corrected chi connectivity index (χ2v) is 6.18. The molecule has 3 rings (SSSR count). The number of rotatable bonds is 4. The summed E-state index contributed by atoms with van der Waals surface area (Å²) in [5.74, 6) is -0.878. The standard InChI is InChI=1S/C17H12F3N3O2S/c1-10-14(26-16(22-10)13-7-2-3-8-21-13)15(24)23-11-5-4-6-12(9-11)25-17(18,19)20/h2-9H,1H3,(H,23,24). The molecular formula is C17H12F3N3O2S. The highest BCUT2D eigenvalue weighted by Gasteiger charge is 2.31. The lowest BCUT2D eigenvalue weighted by Crippen LogP contribution is -2.17. The quantitative estimate of drug-likeness (QED) is 0.716. The van der Waals surface area contributed by atoms with Gasteiger partial charge in [-0.3, -0.25) is 9.78 Å². The summed E-state index contributed by atoms with van der Waals surface area (Å²) < 4.78 is 40.7. The molecule has 0 saturated carbocycles. The number of hydrogen-bond acceptors (Lipinski definition) is 5. The van der Waals surface area contributed by atoms with E-state index < -0.39 is 18.0 Å². The van der Waals surface area contributed by atoms with E-state index in [-0.39, 0.29) is 5.69 Å². The van der Waals surface area contributed by atoms with Gasteiger partial charge in [0.1, 0.15) is 15.6 Å². The molecule has 0 aliphatic rings. The lowest BCUT2D eigenvalue weighted by molar-refractivity contribution is -0.274. The Morgan fingerprint density at radius 1 is 1.19 bits per heavy atom. The first-order chi connectivity index (χ1) is 12.3. The minimum Gasteiger partial charge on any atom is -0.406 e. The number of nitrogens with zero attached hydrogens (tertiary/aromatic N) is 2. The van der Waals surface area contributed by atoms with Crippen LogP contribution in [0.15, 0.2) is 48.7 Å². The van der Waals surface area contributed by atoms with Gasteiger partial charge in [0.25, 0.3) is 5.91 Å². The number of aromatic nitrogens is 2. The molecule has 5 nitrogen and oxygen atoms in total. The Hall–Kier alpha value is -2.94. The number of nitrogens with one attached hydrogen (secondary N) is 1. The van der Waals surface area contributed by atoms with E-state index in [1.807, 2.05) is 6.07 Å². The highest BCUT2D eigenvalue weighted by atomic mass is 32.1. The van der Waals surface area contributed by atoms with Crippen LogP contribution in [0.1, 0.15) is 15.4 Å². The number of halogens is 3. The summed E-state index contributed by atoms with van der Waals surface area (Å²) in [4.78, 5) is 21.3. The predicted molar refractivity (Wildman–Crippen MR) is 91.2 cm³/mol. The van der Waals surface area contributed by atoms with E-state index in [0.717, 1.165) is 23.5 Å². The number of alkyl halides is 3. The number of thiazole rings is 1. The maximum Gasteiger partial charge on any atom is 0.573 e. The summed E-state index contributed by atoms with van der Waals surface area (Å²) in [6, 6.07) is 10.4. The summed E-state index contributed by atoms with van der Waals surface area (Å²) >= 11 is 1.16. The van der Waals surface area contributed by atoms with Crippen LogP contribution in [0.25, 0.3) is 10.7 Å². The average molecular weight is 379 g/mol. The molecule has 1 N–H and O–H groups in total. The van der Waals surface area contributed by atoms with Crippen molar-refractivity contribution in [2.45, 2.75) is 13.3 Å². The SMILES string of the molecule is Cc1nc(-c2ccccn2)sc1C(=O)Nc1cccc(OC(F)(F)F)c1. The van der Waals surface area contributed by atoms with Gasteiger partial charge >= 0.3 is 6.36 Å². The molecule has 2 heterocycles. The molecule has 0 bridgehead atoms. The lowest BCUT2D eigenvalue weighted by Gasteiger charge is -2.10. The fourth-order valence-corrected chi connectivity index (χ4v) is 3.10. The van der Waals surface area contributed by atoms with Crippen LogP contribution >= 0.6 is 11.3 Å². The van der Waals surface area contributed by atoms with Crippen molar-refractivity contribution in [3.8, 4) is 16.5 Å². The molecule has 0 spiro atoms. The maximum atomic E-state index is 12.5. The summed E-state index contributed by atoms with van der Waals surface area (Å²) in [7, 11) is 0. The van der Waals surface area contributed by atoms with Gasteiger partial charge in [0.2, 0.25) is 0 Å². The molecule has 0 fully saturated rings. The maximum absolute atomic E-state index is 12.5. The molecule has 1 amide bonds. The van der Waals surface area contributed by atoms with E-state index in [0.29, 0.717) is 21.3 Å². The van der Waals surface area contributed by atoms with Gasteiger partial charge in [-0.2, -0.15) is 0 Å². The highest BCUT2D eigenvalue weighted by Crippen LogP contribution is 2.28. The Kier molecular flexibility index (Phi) is 4.90. The highest BCUT2D eigenvalue weighted by molar-refractivity contribution is 7.17. The van der Waals surface area contributed by atoms with Crippen molar-refractivity contribution >= 4 is 22.9 Å². The predicted octanol–water partition coefficient (Wildman–Crippen LogP) is 4.66. The van der Waals surface area contributed by atoms with Gasteiger partial charge in [0, 0.05) is 18.0 Å². The third-order valence-electron chi connectivity index (χ3n) is 3.21. The normalized spacial score (nSPS) is 11.2. The summed E-state index contributed by atoms with van der Waals surface area (Å²) in [5.41, 5.74) is 1.33. The molecule has 0 atom stereocenters. The number of pyridine rings is 1. The van der Waals surface area contributed by atoms with Gasteiger partial charge in [-0.25, -0.2) is 4.98 Å². The van der Waals surface area contributed by atoms with Crippen LogP contribution in [0.3, 0.4) is 0 Å². The van der Waals surface area contributed by atoms with Gasteiger partial charge in [-0.15, -0.1) is 24.5 Å². The summed E-state index contributed by atoms with van der Waals surface area (Å²) in [6.45, 7) is 1.68. The molecule has 0 aliphatic heterocycles. The van der Waals surface area contributed by atoms with Crippen LogP contribution in [-0.4, -0.2) is 22.2 Å². The Morgan fingerprint density at radius 2 is 2.00 bits per heavy atom. The number of anilines is 1. The van der Waals surface area contributed by atoms with Crippen LogP contribution in [0.2, 0.25) is 0 Å². The van der Waals surface area contributed by atoms with Crippen LogP contribution in [-0.2, 0) is 0 Å². The number of amides is 1. The Labute approximate surface area is 150 Å². The van der Waals surface area contributed by atoms with E-state index in [4.69, 9.17) is 0 Å². The van der Waals surface area contributed by atoms with Crippen molar-refractivity contribution < 1.29 is 22.7 Å². The number of benzene rings is 1. The first-order valence-corrected chi connectivity index (χ1v) is 8.19. The van der Waals surface area contributed by atoms with Crippen LogP contribution in [0.5, 0.6) is 5.75 Å².